The van der Waals surface area contributed by atoms with Gasteiger partial charge in [0.15, 0.2) is 5.57 Å². The van der Waals surface area contributed by atoms with Crippen molar-refractivity contribution in [3.63, 3.8) is 0 Å². The molecule has 1 N–H and O–H groups in total. The van der Waals surface area contributed by atoms with Crippen molar-refractivity contribution in [2.75, 3.05) is 6.61 Å². The van der Waals surface area contributed by atoms with Gasteiger partial charge in [0.2, 0.25) is 0 Å². The summed E-state index contributed by atoms with van der Waals surface area (Å²) >= 11 is 0. The van der Waals surface area contributed by atoms with Crippen LogP contribution in [-0.2, 0) is 9.53 Å². The van der Waals surface area contributed by atoms with E-state index >= 15 is 0 Å². The Morgan fingerprint density at radius 3 is 2.61 bits per heavy atom. The van der Waals surface area contributed by atoms with Crippen LogP contribution in [0, 0.1) is 11.3 Å². The topological polar surface area (TPSA) is 79.2 Å². The molecule has 0 bridgehead atoms. The normalized spacial score (nSPS) is 10.3. The standard InChI is InChI=1S/C13H12N2O3/c1-2-18-9-11(8-14)13(17)15-12(16)10-6-4-3-5-7-10/h3-7,9H,2H2,1H3,(H,15,16,17)/b11-9+. The number of amides is 2. The van der Waals surface area contributed by atoms with Gasteiger partial charge in [-0.15, -0.1) is 0 Å². The summed E-state index contributed by atoms with van der Waals surface area (Å²) < 4.78 is 4.84. The Morgan fingerprint density at radius 1 is 1.39 bits per heavy atom. The van der Waals surface area contributed by atoms with E-state index in [1.165, 1.54) is 0 Å². The molecule has 2 amide bonds. The molecule has 5 nitrogen and oxygen atoms in total. The third kappa shape index (κ3) is 3.76. The lowest BCUT2D eigenvalue weighted by Gasteiger charge is -2.03. The number of nitriles is 1. The maximum absolute atomic E-state index is 11.6. The molecule has 0 fully saturated rings. The minimum atomic E-state index is -0.778. The highest BCUT2D eigenvalue weighted by Crippen LogP contribution is 2.00. The molecule has 5 heteroatoms. The molecule has 0 aromatic heterocycles. The Balaban J connectivity index is 2.71. The van der Waals surface area contributed by atoms with Crippen molar-refractivity contribution in [3.05, 3.63) is 47.7 Å². The number of benzene rings is 1. The fraction of sp³-hybridized carbons (Fsp3) is 0.154. The van der Waals surface area contributed by atoms with Gasteiger partial charge in [0.05, 0.1) is 6.61 Å². The second-order valence-electron chi connectivity index (χ2n) is 3.25. The summed E-state index contributed by atoms with van der Waals surface area (Å²) in [7, 11) is 0. The third-order valence-electron chi connectivity index (χ3n) is 2.00. The Morgan fingerprint density at radius 2 is 2.06 bits per heavy atom. The maximum atomic E-state index is 11.6. The number of carbonyl (C=O) groups excluding carboxylic acids is 2. The first-order chi connectivity index (χ1) is 8.69. The van der Waals surface area contributed by atoms with E-state index < -0.39 is 11.8 Å². The lowest BCUT2D eigenvalue weighted by molar-refractivity contribution is -0.116. The number of ether oxygens (including phenoxy) is 1. The van der Waals surface area contributed by atoms with Gasteiger partial charge in [-0.2, -0.15) is 5.26 Å². The van der Waals surface area contributed by atoms with E-state index in [1.807, 2.05) is 0 Å². The predicted octanol–water partition coefficient (Wildman–Crippen LogP) is 1.39. The van der Waals surface area contributed by atoms with Crippen LogP contribution in [0.4, 0.5) is 0 Å². The van der Waals surface area contributed by atoms with Crippen LogP contribution in [0.5, 0.6) is 0 Å². The SMILES string of the molecule is CCO/C=C(\C#N)C(=O)NC(=O)c1ccccc1. The quantitative estimate of drug-likeness (QED) is 0.493. The molecule has 0 heterocycles. The van der Waals surface area contributed by atoms with Crippen LogP contribution in [0.25, 0.3) is 0 Å². The minimum absolute atomic E-state index is 0.249. The van der Waals surface area contributed by atoms with Gasteiger partial charge in [-0.1, -0.05) is 18.2 Å². The molecular formula is C13H12N2O3. The molecule has 0 aliphatic rings. The number of rotatable bonds is 4. The van der Waals surface area contributed by atoms with E-state index in [4.69, 9.17) is 10.00 Å². The van der Waals surface area contributed by atoms with E-state index in [0.717, 1.165) is 6.26 Å². The fourth-order valence-corrected chi connectivity index (χ4v) is 1.13. The van der Waals surface area contributed by atoms with Crippen molar-refractivity contribution in [2.24, 2.45) is 0 Å². The fourth-order valence-electron chi connectivity index (χ4n) is 1.13. The lowest BCUT2D eigenvalue weighted by Crippen LogP contribution is -2.31. The predicted molar refractivity (Wildman–Crippen MR) is 64.2 cm³/mol. The Kier molecular flexibility index (Phi) is 5.13. The van der Waals surface area contributed by atoms with Gasteiger partial charge < -0.3 is 4.74 Å². The second kappa shape index (κ2) is 6.86. The van der Waals surface area contributed by atoms with Crippen molar-refractivity contribution in [2.45, 2.75) is 6.92 Å². The summed E-state index contributed by atoms with van der Waals surface area (Å²) in [5.41, 5.74) is 0.0979. The molecular weight excluding hydrogens is 232 g/mol. The summed E-state index contributed by atoms with van der Waals surface area (Å²) in [5.74, 6) is -1.34. The van der Waals surface area contributed by atoms with Crippen LogP contribution in [0.3, 0.4) is 0 Å². The summed E-state index contributed by atoms with van der Waals surface area (Å²) in [5, 5.41) is 10.8. The van der Waals surface area contributed by atoms with Crippen molar-refractivity contribution in [1.82, 2.24) is 5.32 Å². The van der Waals surface area contributed by atoms with E-state index in [1.54, 1.807) is 43.3 Å². The number of imide groups is 1. The molecule has 1 rings (SSSR count). The van der Waals surface area contributed by atoms with Gasteiger partial charge in [-0.25, -0.2) is 0 Å². The third-order valence-corrected chi connectivity index (χ3v) is 2.00. The number of nitrogens with one attached hydrogen (secondary N) is 1. The van der Waals surface area contributed by atoms with Crippen molar-refractivity contribution in [3.8, 4) is 6.07 Å². The molecule has 0 spiro atoms. The highest BCUT2D eigenvalue weighted by Gasteiger charge is 2.14. The molecule has 18 heavy (non-hydrogen) atoms. The van der Waals surface area contributed by atoms with Crippen LogP contribution in [0.15, 0.2) is 42.2 Å². The first-order valence-electron chi connectivity index (χ1n) is 5.31. The molecule has 1 aromatic rings. The largest absolute Gasteiger partial charge is 0.500 e. The lowest BCUT2D eigenvalue weighted by atomic mass is 10.2. The van der Waals surface area contributed by atoms with Gasteiger partial charge in [-0.05, 0) is 19.1 Å². The molecule has 0 saturated carbocycles. The van der Waals surface area contributed by atoms with Crippen molar-refractivity contribution < 1.29 is 14.3 Å². The molecule has 0 radical (unpaired) electrons. The number of hydrogen-bond donors (Lipinski definition) is 1. The average Bonchev–Trinajstić information content (AvgIpc) is 2.40. The number of carbonyl (C=O) groups is 2. The van der Waals surface area contributed by atoms with Crippen molar-refractivity contribution in [1.29, 1.82) is 5.26 Å². The van der Waals surface area contributed by atoms with Gasteiger partial charge in [0, 0.05) is 5.56 Å². The number of nitrogens with zero attached hydrogens (tertiary/aromatic N) is 1. The average molecular weight is 244 g/mol. The van der Waals surface area contributed by atoms with Gasteiger partial charge in [0.25, 0.3) is 11.8 Å². The Labute approximate surface area is 105 Å². The van der Waals surface area contributed by atoms with Gasteiger partial charge in [0.1, 0.15) is 12.3 Å². The zero-order chi connectivity index (χ0) is 13.4. The summed E-state index contributed by atoms with van der Waals surface area (Å²) in [6.45, 7) is 2.06. The van der Waals surface area contributed by atoms with Crippen LogP contribution < -0.4 is 5.32 Å². The van der Waals surface area contributed by atoms with E-state index in [2.05, 4.69) is 5.32 Å². The Hall–Kier alpha value is -2.61. The van der Waals surface area contributed by atoms with Crippen LogP contribution in [-0.4, -0.2) is 18.4 Å². The minimum Gasteiger partial charge on any atom is -0.500 e. The molecule has 0 unspecified atom stereocenters. The van der Waals surface area contributed by atoms with Crippen LogP contribution in [0.1, 0.15) is 17.3 Å². The summed E-state index contributed by atoms with van der Waals surface area (Å²) in [6.07, 6.45) is 1.04. The van der Waals surface area contributed by atoms with E-state index in [-0.39, 0.29) is 5.57 Å². The van der Waals surface area contributed by atoms with Crippen LogP contribution >= 0.6 is 0 Å². The van der Waals surface area contributed by atoms with E-state index in [9.17, 15) is 9.59 Å². The highest BCUT2D eigenvalue weighted by molar-refractivity contribution is 6.11. The molecule has 0 aliphatic carbocycles. The highest BCUT2D eigenvalue weighted by atomic mass is 16.5. The van der Waals surface area contributed by atoms with Crippen LogP contribution in [0.2, 0.25) is 0 Å². The molecule has 0 saturated heterocycles. The summed E-state index contributed by atoms with van der Waals surface area (Å²) in [4.78, 5) is 23.2. The zero-order valence-electron chi connectivity index (χ0n) is 9.84. The van der Waals surface area contributed by atoms with Gasteiger partial charge >= 0.3 is 0 Å². The first-order valence-corrected chi connectivity index (χ1v) is 5.31. The second-order valence-corrected chi connectivity index (χ2v) is 3.25. The van der Waals surface area contributed by atoms with Crippen molar-refractivity contribution >= 4 is 11.8 Å². The monoisotopic (exact) mass is 244 g/mol. The number of hydrogen-bond acceptors (Lipinski definition) is 4. The molecule has 1 aromatic carbocycles. The van der Waals surface area contributed by atoms with E-state index in [0.29, 0.717) is 12.2 Å². The smallest absolute Gasteiger partial charge is 0.271 e. The maximum Gasteiger partial charge on any atom is 0.271 e. The molecule has 0 aliphatic heterocycles. The zero-order valence-corrected chi connectivity index (χ0v) is 9.84. The molecule has 92 valence electrons. The summed E-state index contributed by atoms with van der Waals surface area (Å²) in [6, 6.07) is 9.93. The Bertz CT molecular complexity index is 501. The van der Waals surface area contributed by atoms with Gasteiger partial charge in [-0.3, -0.25) is 14.9 Å². The molecule has 0 atom stereocenters. The first kappa shape index (κ1) is 13.5.